The number of carbonyl (C=O) groups is 2. The molecule has 0 radical (unpaired) electrons. The maximum atomic E-state index is 12.6. The molecule has 0 spiro atoms. The van der Waals surface area contributed by atoms with Gasteiger partial charge >= 0.3 is 6.09 Å². The summed E-state index contributed by atoms with van der Waals surface area (Å²) >= 11 is 0. The second-order valence-electron chi connectivity index (χ2n) is 11.0. The summed E-state index contributed by atoms with van der Waals surface area (Å²) in [4.78, 5) is 26.3. The van der Waals surface area contributed by atoms with Crippen LogP contribution in [-0.2, 0) is 9.47 Å². The number of ether oxygens (including phenoxy) is 2. The van der Waals surface area contributed by atoms with Gasteiger partial charge in [-0.1, -0.05) is 35.5 Å². The summed E-state index contributed by atoms with van der Waals surface area (Å²) in [5, 5.41) is 15.3. The lowest BCUT2D eigenvalue weighted by atomic mass is 9.80. The average molecular weight is 524 g/mol. The minimum absolute atomic E-state index is 0.00617. The molecule has 1 aromatic carbocycles. The minimum Gasteiger partial charge on any atom is -0.444 e. The number of carbonyl (C=O) groups excluding carboxylic acids is 2. The lowest BCUT2D eigenvalue weighted by Gasteiger charge is -2.39. The third-order valence-corrected chi connectivity index (χ3v) is 6.62. The van der Waals surface area contributed by atoms with E-state index in [-0.39, 0.29) is 41.7 Å². The van der Waals surface area contributed by atoms with Crippen LogP contribution in [-0.4, -0.2) is 63.6 Å². The van der Waals surface area contributed by atoms with Crippen molar-refractivity contribution in [2.75, 3.05) is 19.7 Å². The summed E-state index contributed by atoms with van der Waals surface area (Å²) in [5.74, 6) is 1.18. The Bertz CT molecular complexity index is 1250. The first-order chi connectivity index (χ1) is 18.1. The van der Waals surface area contributed by atoms with Gasteiger partial charge in [-0.2, -0.15) is 0 Å². The highest BCUT2D eigenvalue weighted by Gasteiger charge is 2.37. The minimum atomic E-state index is -0.502. The molecule has 2 aromatic heterocycles. The molecule has 2 amide bonds. The second kappa shape index (κ2) is 10.6. The molecule has 0 unspecified atom stereocenters. The van der Waals surface area contributed by atoms with E-state index in [1.54, 1.807) is 11.0 Å². The first-order valence-corrected chi connectivity index (χ1v) is 12.9. The molecule has 202 valence electrons. The number of likely N-dealkylation sites (tertiary alicyclic amines) is 1. The van der Waals surface area contributed by atoms with E-state index < -0.39 is 5.60 Å². The zero-order chi connectivity index (χ0) is 26.9. The largest absolute Gasteiger partial charge is 0.444 e. The average Bonchev–Trinajstić information content (AvgIpc) is 3.50. The van der Waals surface area contributed by atoms with E-state index in [0.29, 0.717) is 50.0 Å². The summed E-state index contributed by atoms with van der Waals surface area (Å²) in [5.41, 5.74) is 1.01. The molecule has 3 heterocycles. The zero-order valence-electron chi connectivity index (χ0n) is 22.0. The highest BCUT2D eigenvalue weighted by molar-refractivity contribution is 5.92. The molecule has 3 aromatic rings. The van der Waals surface area contributed by atoms with Gasteiger partial charge in [0.1, 0.15) is 17.4 Å². The number of amides is 2. The lowest BCUT2D eigenvalue weighted by Crippen LogP contribution is -2.53. The molecule has 5 rings (SSSR count). The van der Waals surface area contributed by atoms with Crippen LogP contribution < -0.4 is 5.32 Å². The SMILES string of the molecule is C[C@@H](OCC1CN(C(=O)OC(C)(C)C)C1)c1nnc([C@H]2C[C@H](NC(=O)c3cc(-c4ccccc4)no3)C2)o1. The Kier molecular flexibility index (Phi) is 7.20. The molecular formula is C27H33N5O6. The van der Waals surface area contributed by atoms with Gasteiger partial charge in [-0.25, -0.2) is 4.79 Å². The Hall–Kier alpha value is -3.73. The maximum Gasteiger partial charge on any atom is 0.410 e. The van der Waals surface area contributed by atoms with E-state index in [1.807, 2.05) is 58.0 Å². The van der Waals surface area contributed by atoms with Gasteiger partial charge in [-0.05, 0) is 40.5 Å². The van der Waals surface area contributed by atoms with Crippen LogP contribution in [0.15, 0.2) is 45.3 Å². The van der Waals surface area contributed by atoms with Crippen LogP contribution in [0.5, 0.6) is 0 Å². The van der Waals surface area contributed by atoms with Gasteiger partial charge in [0.2, 0.25) is 17.5 Å². The number of benzene rings is 1. The molecule has 11 nitrogen and oxygen atoms in total. The van der Waals surface area contributed by atoms with E-state index in [0.717, 1.165) is 5.56 Å². The monoisotopic (exact) mass is 523 g/mol. The third-order valence-electron chi connectivity index (χ3n) is 6.62. The summed E-state index contributed by atoms with van der Waals surface area (Å²) in [6.07, 6.45) is 0.749. The van der Waals surface area contributed by atoms with Crippen LogP contribution in [0.4, 0.5) is 4.79 Å². The Labute approximate surface area is 220 Å². The fraction of sp³-hybridized carbons (Fsp3) is 0.519. The van der Waals surface area contributed by atoms with E-state index in [2.05, 4.69) is 20.7 Å². The summed E-state index contributed by atoms with van der Waals surface area (Å²) < 4.78 is 22.4. The quantitative estimate of drug-likeness (QED) is 0.457. The molecule has 2 fully saturated rings. The van der Waals surface area contributed by atoms with Crippen molar-refractivity contribution < 1.29 is 28.0 Å². The summed E-state index contributed by atoms with van der Waals surface area (Å²) in [7, 11) is 0. The van der Waals surface area contributed by atoms with Crippen molar-refractivity contribution in [3.05, 3.63) is 53.9 Å². The smallest absolute Gasteiger partial charge is 0.410 e. The van der Waals surface area contributed by atoms with Gasteiger partial charge in [-0.15, -0.1) is 10.2 Å². The molecule has 1 saturated carbocycles. The zero-order valence-corrected chi connectivity index (χ0v) is 22.0. The van der Waals surface area contributed by atoms with Gasteiger partial charge in [0, 0.05) is 42.6 Å². The van der Waals surface area contributed by atoms with Crippen molar-refractivity contribution >= 4 is 12.0 Å². The van der Waals surface area contributed by atoms with Crippen LogP contribution in [0.25, 0.3) is 11.3 Å². The fourth-order valence-electron chi connectivity index (χ4n) is 4.40. The number of nitrogens with one attached hydrogen (secondary N) is 1. The number of hydrogen-bond acceptors (Lipinski definition) is 9. The number of hydrogen-bond donors (Lipinski definition) is 1. The van der Waals surface area contributed by atoms with Crippen molar-refractivity contribution in [2.24, 2.45) is 5.92 Å². The van der Waals surface area contributed by atoms with E-state index in [4.69, 9.17) is 18.4 Å². The molecule has 1 N–H and O–H groups in total. The number of aromatic nitrogens is 3. The fourth-order valence-corrected chi connectivity index (χ4v) is 4.40. The Morgan fingerprint density at radius 2 is 1.89 bits per heavy atom. The number of nitrogens with zero attached hydrogens (tertiary/aromatic N) is 4. The van der Waals surface area contributed by atoms with Crippen molar-refractivity contribution in [1.29, 1.82) is 0 Å². The summed E-state index contributed by atoms with van der Waals surface area (Å²) in [6.45, 7) is 9.12. The first-order valence-electron chi connectivity index (χ1n) is 12.9. The van der Waals surface area contributed by atoms with Gasteiger partial charge in [0.15, 0.2) is 0 Å². The van der Waals surface area contributed by atoms with Crippen LogP contribution in [0.1, 0.15) is 74.9 Å². The molecule has 38 heavy (non-hydrogen) atoms. The Balaban J connectivity index is 1.03. The topological polar surface area (TPSA) is 133 Å². The molecule has 1 atom stereocenters. The predicted octanol–water partition coefficient (Wildman–Crippen LogP) is 4.35. The van der Waals surface area contributed by atoms with Crippen molar-refractivity contribution in [2.45, 2.75) is 64.2 Å². The van der Waals surface area contributed by atoms with Crippen LogP contribution in [0.3, 0.4) is 0 Å². The first kappa shape index (κ1) is 25.9. The van der Waals surface area contributed by atoms with Crippen LogP contribution in [0.2, 0.25) is 0 Å². The second-order valence-corrected chi connectivity index (χ2v) is 11.0. The van der Waals surface area contributed by atoms with Crippen LogP contribution >= 0.6 is 0 Å². The highest BCUT2D eigenvalue weighted by Crippen LogP contribution is 2.37. The van der Waals surface area contributed by atoms with Crippen molar-refractivity contribution in [3.63, 3.8) is 0 Å². The van der Waals surface area contributed by atoms with Gasteiger partial charge in [0.25, 0.3) is 5.91 Å². The normalized spacial score (nSPS) is 20.4. The molecule has 2 aliphatic rings. The van der Waals surface area contributed by atoms with Crippen molar-refractivity contribution in [3.8, 4) is 11.3 Å². The van der Waals surface area contributed by atoms with Gasteiger partial charge < -0.3 is 28.6 Å². The maximum absolute atomic E-state index is 12.6. The molecule has 1 aliphatic heterocycles. The van der Waals surface area contributed by atoms with Gasteiger partial charge in [-0.3, -0.25) is 4.79 Å². The van der Waals surface area contributed by atoms with Crippen molar-refractivity contribution in [1.82, 2.24) is 25.6 Å². The highest BCUT2D eigenvalue weighted by atomic mass is 16.6. The Morgan fingerprint density at radius 1 is 1.16 bits per heavy atom. The molecule has 0 bridgehead atoms. The van der Waals surface area contributed by atoms with E-state index >= 15 is 0 Å². The van der Waals surface area contributed by atoms with E-state index in [9.17, 15) is 9.59 Å². The number of rotatable bonds is 8. The standard InChI is InChI=1S/C27H33N5O6/c1-16(35-15-17-13-32(14-17)26(34)37-27(2,3)4)24-29-30-25(36-24)19-10-20(11-19)28-23(33)22-12-21(31-38-22)18-8-6-5-7-9-18/h5-9,12,16-17,19-20H,10-11,13-15H2,1-4H3,(H,28,33)/t16-,19-,20-/m1/s1. The summed E-state index contributed by atoms with van der Waals surface area (Å²) in [6, 6.07) is 11.2. The van der Waals surface area contributed by atoms with E-state index in [1.165, 1.54) is 0 Å². The Morgan fingerprint density at radius 3 is 2.61 bits per heavy atom. The predicted molar refractivity (Wildman–Crippen MR) is 135 cm³/mol. The van der Waals surface area contributed by atoms with Crippen LogP contribution in [0, 0.1) is 5.92 Å². The molecule has 1 saturated heterocycles. The van der Waals surface area contributed by atoms with Gasteiger partial charge in [0.05, 0.1) is 6.61 Å². The molecule has 1 aliphatic carbocycles. The molecular weight excluding hydrogens is 490 g/mol. The lowest BCUT2D eigenvalue weighted by molar-refractivity contribution is -0.0386. The molecule has 11 heteroatoms. The third kappa shape index (κ3) is 6.04.